The zero-order chi connectivity index (χ0) is 16.9. The predicted octanol–water partition coefficient (Wildman–Crippen LogP) is 2.87. The molecule has 2 amide bonds. The maximum Gasteiger partial charge on any atom is 0.317 e. The summed E-state index contributed by atoms with van der Waals surface area (Å²) in [5, 5.41) is 12.5. The van der Waals surface area contributed by atoms with E-state index in [0.717, 1.165) is 30.4 Å². The molecule has 4 nitrogen and oxygen atoms in total. The van der Waals surface area contributed by atoms with Crippen molar-refractivity contribution in [2.75, 3.05) is 26.2 Å². The van der Waals surface area contributed by atoms with Crippen LogP contribution < -0.4 is 5.32 Å². The summed E-state index contributed by atoms with van der Waals surface area (Å²) in [6.45, 7) is 6.09. The van der Waals surface area contributed by atoms with Crippen LogP contribution in [-0.2, 0) is 6.42 Å². The Hall–Kier alpha value is -1.62. The van der Waals surface area contributed by atoms with Crippen molar-refractivity contribution in [3.63, 3.8) is 0 Å². The number of halogens is 1. The van der Waals surface area contributed by atoms with Crippen molar-refractivity contribution in [1.29, 1.82) is 0 Å². The summed E-state index contributed by atoms with van der Waals surface area (Å²) in [6, 6.07) is 4.69. The Balaban J connectivity index is 1.77. The first-order valence-electron chi connectivity index (χ1n) is 8.38. The molecule has 0 bridgehead atoms. The Morgan fingerprint density at radius 1 is 1.39 bits per heavy atom. The molecule has 0 spiro atoms. The van der Waals surface area contributed by atoms with E-state index in [4.69, 9.17) is 0 Å². The van der Waals surface area contributed by atoms with Crippen LogP contribution in [0.3, 0.4) is 0 Å². The first-order valence-corrected chi connectivity index (χ1v) is 8.38. The number of aliphatic hydroxyl groups excluding tert-OH is 1. The van der Waals surface area contributed by atoms with Crippen molar-refractivity contribution in [1.82, 2.24) is 10.2 Å². The minimum atomic E-state index is -0.230. The molecule has 0 aromatic heterocycles. The van der Waals surface area contributed by atoms with Crippen LogP contribution >= 0.6 is 0 Å². The smallest absolute Gasteiger partial charge is 0.317 e. The van der Waals surface area contributed by atoms with E-state index in [9.17, 15) is 14.3 Å². The predicted molar refractivity (Wildman–Crippen MR) is 88.9 cm³/mol. The van der Waals surface area contributed by atoms with Gasteiger partial charge in [-0.3, -0.25) is 0 Å². The molecule has 1 heterocycles. The summed E-state index contributed by atoms with van der Waals surface area (Å²) >= 11 is 0. The highest BCUT2D eigenvalue weighted by molar-refractivity contribution is 5.74. The third-order valence-corrected chi connectivity index (χ3v) is 5.17. The minimum absolute atomic E-state index is 0.0119. The number of hydrogen-bond acceptors (Lipinski definition) is 2. The monoisotopic (exact) mass is 322 g/mol. The van der Waals surface area contributed by atoms with Gasteiger partial charge in [0.1, 0.15) is 5.82 Å². The van der Waals surface area contributed by atoms with Gasteiger partial charge in [-0.25, -0.2) is 9.18 Å². The molecule has 0 atom stereocenters. The number of aryl methyl sites for hydroxylation is 1. The Bertz CT molecular complexity index is 534. The number of rotatable bonds is 5. The molecule has 1 fully saturated rings. The van der Waals surface area contributed by atoms with Crippen LogP contribution in [0.25, 0.3) is 0 Å². The third-order valence-electron chi connectivity index (χ3n) is 5.17. The topological polar surface area (TPSA) is 52.6 Å². The van der Waals surface area contributed by atoms with Crippen molar-refractivity contribution in [3.05, 3.63) is 35.1 Å². The van der Waals surface area contributed by atoms with Crippen LogP contribution in [0.15, 0.2) is 18.2 Å². The third kappa shape index (κ3) is 4.44. The molecular weight excluding hydrogens is 295 g/mol. The summed E-state index contributed by atoms with van der Waals surface area (Å²) in [7, 11) is 0. The molecule has 128 valence electrons. The molecule has 0 unspecified atom stereocenters. The van der Waals surface area contributed by atoms with Gasteiger partial charge in [0.25, 0.3) is 0 Å². The minimum Gasteiger partial charge on any atom is -0.396 e. The molecule has 5 heteroatoms. The molecule has 0 saturated carbocycles. The highest BCUT2D eigenvalue weighted by Crippen LogP contribution is 2.34. The summed E-state index contributed by atoms with van der Waals surface area (Å²) in [5.41, 5.74) is 1.95. The molecule has 2 N–H and O–H groups in total. The van der Waals surface area contributed by atoms with E-state index in [0.29, 0.717) is 26.1 Å². The van der Waals surface area contributed by atoms with Crippen LogP contribution in [-0.4, -0.2) is 42.3 Å². The molecule has 0 radical (unpaired) electrons. The van der Waals surface area contributed by atoms with E-state index in [2.05, 4.69) is 12.2 Å². The number of carbonyl (C=O) groups is 1. The second-order valence-electron chi connectivity index (χ2n) is 6.55. The lowest BCUT2D eigenvalue weighted by atomic mass is 9.77. The Morgan fingerprint density at radius 3 is 2.65 bits per heavy atom. The Kier molecular flexibility index (Phi) is 5.99. The molecule has 1 aliphatic heterocycles. The summed E-state index contributed by atoms with van der Waals surface area (Å²) in [6.07, 6.45) is 3.35. The van der Waals surface area contributed by atoms with Gasteiger partial charge in [-0.1, -0.05) is 13.0 Å². The lowest BCUT2D eigenvalue weighted by molar-refractivity contribution is 0.0520. The Labute approximate surface area is 137 Å². The van der Waals surface area contributed by atoms with E-state index in [1.807, 2.05) is 11.8 Å². The van der Waals surface area contributed by atoms with Crippen molar-refractivity contribution in [2.45, 2.75) is 39.5 Å². The van der Waals surface area contributed by atoms with Gasteiger partial charge in [-0.2, -0.15) is 0 Å². The summed E-state index contributed by atoms with van der Waals surface area (Å²) in [4.78, 5) is 14.0. The van der Waals surface area contributed by atoms with Gasteiger partial charge in [0.15, 0.2) is 0 Å². The fourth-order valence-electron chi connectivity index (χ4n) is 3.16. The summed E-state index contributed by atoms with van der Waals surface area (Å²) < 4.78 is 13.1. The number of hydrogen-bond donors (Lipinski definition) is 2. The largest absolute Gasteiger partial charge is 0.396 e. The van der Waals surface area contributed by atoms with Crippen LogP contribution in [0, 0.1) is 18.2 Å². The number of benzene rings is 1. The zero-order valence-electron chi connectivity index (χ0n) is 14.1. The maximum absolute atomic E-state index is 13.1. The Morgan fingerprint density at radius 2 is 2.09 bits per heavy atom. The van der Waals surface area contributed by atoms with Gasteiger partial charge < -0.3 is 15.3 Å². The van der Waals surface area contributed by atoms with E-state index < -0.39 is 0 Å². The second kappa shape index (κ2) is 7.77. The molecule has 1 aromatic carbocycles. The fourth-order valence-corrected chi connectivity index (χ4v) is 3.16. The summed E-state index contributed by atoms with van der Waals surface area (Å²) in [5.74, 6) is -0.230. The second-order valence-corrected chi connectivity index (χ2v) is 6.55. The molecule has 0 aliphatic carbocycles. The number of carbonyl (C=O) groups excluding carboxylic acids is 1. The first kappa shape index (κ1) is 17.7. The average Bonchev–Trinajstić information content (AvgIpc) is 2.57. The molecule has 1 aliphatic rings. The van der Waals surface area contributed by atoms with Gasteiger partial charge in [0.2, 0.25) is 0 Å². The molecule has 1 aromatic rings. The molecule has 2 rings (SSSR count). The van der Waals surface area contributed by atoms with Crippen LogP contribution in [0.4, 0.5) is 9.18 Å². The molecular formula is C18H27FN2O2. The molecule has 1 saturated heterocycles. The van der Waals surface area contributed by atoms with Gasteiger partial charge in [0, 0.05) is 26.2 Å². The van der Waals surface area contributed by atoms with E-state index in [1.165, 1.54) is 12.1 Å². The van der Waals surface area contributed by atoms with Gasteiger partial charge >= 0.3 is 6.03 Å². The van der Waals surface area contributed by atoms with Crippen molar-refractivity contribution < 1.29 is 14.3 Å². The lowest BCUT2D eigenvalue weighted by Crippen LogP contribution is -2.48. The van der Waals surface area contributed by atoms with Crippen molar-refractivity contribution in [3.8, 4) is 0 Å². The van der Waals surface area contributed by atoms with Gasteiger partial charge in [-0.15, -0.1) is 0 Å². The van der Waals surface area contributed by atoms with Gasteiger partial charge in [0.05, 0.1) is 0 Å². The van der Waals surface area contributed by atoms with Crippen LogP contribution in [0.2, 0.25) is 0 Å². The number of aliphatic hydroxyl groups is 1. The van der Waals surface area contributed by atoms with E-state index in [-0.39, 0.29) is 23.9 Å². The van der Waals surface area contributed by atoms with Gasteiger partial charge in [-0.05, 0) is 61.3 Å². The maximum atomic E-state index is 13.1. The van der Waals surface area contributed by atoms with Crippen LogP contribution in [0.5, 0.6) is 0 Å². The SMILES string of the molecule is CCC1(CO)CCN(C(=O)NCCc2ccc(F)cc2C)CC1. The number of likely N-dealkylation sites (tertiary alicyclic amines) is 1. The number of nitrogens with one attached hydrogen (secondary N) is 1. The van der Waals surface area contributed by atoms with Crippen molar-refractivity contribution in [2.24, 2.45) is 5.41 Å². The fraction of sp³-hybridized carbons (Fsp3) is 0.611. The standard InChI is InChI=1S/C18H27FN2O2/c1-3-18(13-22)7-10-21(11-8-18)17(23)20-9-6-15-4-5-16(19)12-14(15)2/h4-5,12,22H,3,6-11,13H2,1-2H3,(H,20,23). The lowest BCUT2D eigenvalue weighted by Gasteiger charge is -2.40. The molecule has 23 heavy (non-hydrogen) atoms. The number of piperidine rings is 1. The number of urea groups is 1. The quantitative estimate of drug-likeness (QED) is 0.876. The van der Waals surface area contributed by atoms with E-state index in [1.54, 1.807) is 6.07 Å². The van der Waals surface area contributed by atoms with Crippen molar-refractivity contribution >= 4 is 6.03 Å². The highest BCUT2D eigenvalue weighted by atomic mass is 19.1. The number of nitrogens with zero attached hydrogens (tertiary/aromatic N) is 1. The first-order chi connectivity index (χ1) is 11.0. The van der Waals surface area contributed by atoms with Crippen LogP contribution in [0.1, 0.15) is 37.3 Å². The normalized spacial score (nSPS) is 17.1. The highest BCUT2D eigenvalue weighted by Gasteiger charge is 2.33. The zero-order valence-corrected chi connectivity index (χ0v) is 14.1. The number of amides is 2. The average molecular weight is 322 g/mol. The van der Waals surface area contributed by atoms with E-state index >= 15 is 0 Å².